The Balaban J connectivity index is 2.28. The zero-order chi connectivity index (χ0) is 15.2. The highest BCUT2D eigenvalue weighted by Crippen LogP contribution is 2.25. The quantitative estimate of drug-likeness (QED) is 0.765. The maximum atomic E-state index is 11.7. The first-order chi connectivity index (χ1) is 9.37. The van der Waals surface area contributed by atoms with Crippen LogP contribution in [0.15, 0.2) is 12.1 Å². The van der Waals surface area contributed by atoms with E-state index in [1.54, 1.807) is 13.8 Å². The Labute approximate surface area is 131 Å². The number of hydrogen-bond acceptors (Lipinski definition) is 4. The Morgan fingerprint density at radius 1 is 1.50 bits per heavy atom. The lowest BCUT2D eigenvalue weighted by molar-refractivity contribution is -0.148. The second kappa shape index (κ2) is 7.90. The van der Waals surface area contributed by atoms with Crippen molar-refractivity contribution in [3.8, 4) is 0 Å². The summed E-state index contributed by atoms with van der Waals surface area (Å²) in [4.78, 5) is 23.9. The van der Waals surface area contributed by atoms with Gasteiger partial charge in [-0.1, -0.05) is 18.5 Å². The minimum absolute atomic E-state index is 0.140. The largest absolute Gasteiger partial charge is 0.481 e. The first-order valence-electron chi connectivity index (χ1n) is 6.19. The van der Waals surface area contributed by atoms with Crippen molar-refractivity contribution in [1.82, 2.24) is 5.32 Å². The number of carboxylic acids is 1. The number of carbonyl (C=O) groups is 2. The average molecular weight is 336 g/mol. The van der Waals surface area contributed by atoms with E-state index in [1.807, 2.05) is 12.1 Å². The molecule has 0 radical (unpaired) electrons. The van der Waals surface area contributed by atoms with E-state index in [9.17, 15) is 9.59 Å². The van der Waals surface area contributed by atoms with E-state index in [0.717, 1.165) is 15.0 Å². The van der Waals surface area contributed by atoms with Crippen LogP contribution in [0.25, 0.3) is 0 Å². The van der Waals surface area contributed by atoms with E-state index < -0.39 is 11.4 Å². The molecule has 112 valence electrons. The fraction of sp³-hybridized carbons (Fsp3) is 0.538. The molecule has 1 rings (SSSR count). The highest BCUT2D eigenvalue weighted by atomic mass is 35.5. The summed E-state index contributed by atoms with van der Waals surface area (Å²) in [6.07, 6.45) is 0.476. The molecular formula is C13H18ClNO3S2. The second-order valence-corrected chi connectivity index (χ2v) is 7.48. The van der Waals surface area contributed by atoms with Gasteiger partial charge < -0.3 is 10.4 Å². The van der Waals surface area contributed by atoms with Crippen molar-refractivity contribution in [2.24, 2.45) is 5.41 Å². The lowest BCUT2D eigenvalue weighted by Gasteiger charge is -2.23. The van der Waals surface area contributed by atoms with E-state index in [-0.39, 0.29) is 12.5 Å². The van der Waals surface area contributed by atoms with Gasteiger partial charge in [-0.3, -0.25) is 9.59 Å². The van der Waals surface area contributed by atoms with Crippen molar-refractivity contribution in [3.63, 3.8) is 0 Å². The molecule has 0 aliphatic heterocycles. The zero-order valence-electron chi connectivity index (χ0n) is 11.4. The van der Waals surface area contributed by atoms with Crippen molar-refractivity contribution < 1.29 is 14.7 Å². The van der Waals surface area contributed by atoms with E-state index in [1.165, 1.54) is 23.1 Å². The monoisotopic (exact) mass is 335 g/mol. The minimum atomic E-state index is -0.901. The maximum absolute atomic E-state index is 11.7. The van der Waals surface area contributed by atoms with Crippen LogP contribution in [0.4, 0.5) is 0 Å². The van der Waals surface area contributed by atoms with E-state index in [0.29, 0.717) is 12.2 Å². The number of rotatable bonds is 8. The predicted octanol–water partition coefficient (Wildman–Crippen LogP) is 3.25. The van der Waals surface area contributed by atoms with Gasteiger partial charge in [0.1, 0.15) is 0 Å². The molecule has 20 heavy (non-hydrogen) atoms. The van der Waals surface area contributed by atoms with Gasteiger partial charge in [-0.2, -0.15) is 0 Å². The van der Waals surface area contributed by atoms with Gasteiger partial charge in [0.2, 0.25) is 5.91 Å². The number of nitrogens with one attached hydrogen (secondary N) is 1. The molecule has 0 aliphatic rings. The van der Waals surface area contributed by atoms with Crippen molar-refractivity contribution in [2.45, 2.75) is 26.0 Å². The standard InChI is InChI=1S/C13H18ClNO3S2/c1-3-13(2,12(17)18)8-15-11(16)7-19-6-9-4-5-10(14)20-9/h4-5H,3,6-8H2,1-2H3,(H,15,16)(H,17,18). The van der Waals surface area contributed by atoms with E-state index in [2.05, 4.69) is 5.32 Å². The highest BCUT2D eigenvalue weighted by molar-refractivity contribution is 7.99. The molecule has 1 atom stereocenters. The summed E-state index contributed by atoms with van der Waals surface area (Å²) < 4.78 is 0.741. The summed E-state index contributed by atoms with van der Waals surface area (Å²) in [6.45, 7) is 3.59. The molecule has 0 bridgehead atoms. The van der Waals surface area contributed by atoms with Gasteiger partial charge in [0.05, 0.1) is 15.5 Å². The smallest absolute Gasteiger partial charge is 0.311 e. The van der Waals surface area contributed by atoms with Crippen LogP contribution in [0.2, 0.25) is 4.34 Å². The van der Waals surface area contributed by atoms with Crippen LogP contribution >= 0.6 is 34.7 Å². The van der Waals surface area contributed by atoms with Gasteiger partial charge >= 0.3 is 5.97 Å². The molecule has 0 aromatic carbocycles. The van der Waals surface area contributed by atoms with Gasteiger partial charge in [0, 0.05) is 17.2 Å². The Morgan fingerprint density at radius 3 is 2.70 bits per heavy atom. The summed E-state index contributed by atoms with van der Waals surface area (Å²) in [5, 5.41) is 11.8. The van der Waals surface area contributed by atoms with Gasteiger partial charge in [0.25, 0.3) is 0 Å². The maximum Gasteiger partial charge on any atom is 0.311 e. The van der Waals surface area contributed by atoms with Crippen molar-refractivity contribution in [1.29, 1.82) is 0 Å². The third kappa shape index (κ3) is 5.34. The number of thioether (sulfide) groups is 1. The number of hydrogen-bond donors (Lipinski definition) is 2. The number of amides is 1. The second-order valence-electron chi connectivity index (χ2n) is 4.69. The molecule has 0 saturated carbocycles. The Morgan fingerprint density at radius 2 is 2.20 bits per heavy atom. The number of carboxylic acid groups (broad SMARTS) is 1. The van der Waals surface area contributed by atoms with Crippen molar-refractivity contribution in [3.05, 3.63) is 21.3 Å². The van der Waals surface area contributed by atoms with Crippen LogP contribution in [0.5, 0.6) is 0 Å². The van der Waals surface area contributed by atoms with Gasteiger partial charge in [0.15, 0.2) is 0 Å². The van der Waals surface area contributed by atoms with E-state index in [4.69, 9.17) is 16.7 Å². The van der Waals surface area contributed by atoms with Crippen molar-refractivity contribution >= 4 is 46.6 Å². The zero-order valence-corrected chi connectivity index (χ0v) is 13.8. The number of carbonyl (C=O) groups excluding carboxylic acids is 1. The van der Waals surface area contributed by atoms with Crippen LogP contribution in [0.3, 0.4) is 0 Å². The molecule has 2 N–H and O–H groups in total. The third-order valence-electron chi connectivity index (χ3n) is 3.08. The predicted molar refractivity (Wildman–Crippen MR) is 84.5 cm³/mol. The van der Waals surface area contributed by atoms with Gasteiger partial charge in [-0.25, -0.2) is 0 Å². The van der Waals surface area contributed by atoms with Crippen LogP contribution < -0.4 is 5.32 Å². The van der Waals surface area contributed by atoms with Crippen LogP contribution in [0, 0.1) is 5.41 Å². The lowest BCUT2D eigenvalue weighted by Crippen LogP contribution is -2.41. The molecular weight excluding hydrogens is 318 g/mol. The normalized spacial score (nSPS) is 13.8. The molecule has 1 amide bonds. The highest BCUT2D eigenvalue weighted by Gasteiger charge is 2.31. The summed E-state index contributed by atoms with van der Waals surface area (Å²) in [7, 11) is 0. The topological polar surface area (TPSA) is 66.4 Å². The molecule has 0 saturated heterocycles. The van der Waals surface area contributed by atoms with Gasteiger partial charge in [-0.15, -0.1) is 23.1 Å². The van der Waals surface area contributed by atoms with E-state index >= 15 is 0 Å². The third-order valence-corrected chi connectivity index (χ3v) is 5.47. The Kier molecular flexibility index (Phi) is 6.85. The summed E-state index contributed by atoms with van der Waals surface area (Å²) >= 11 is 8.81. The molecule has 0 aliphatic carbocycles. The summed E-state index contributed by atoms with van der Waals surface area (Å²) in [5.74, 6) is 0.0174. The SMILES string of the molecule is CCC(C)(CNC(=O)CSCc1ccc(Cl)s1)C(=O)O. The minimum Gasteiger partial charge on any atom is -0.481 e. The lowest BCUT2D eigenvalue weighted by atomic mass is 9.88. The first-order valence-corrected chi connectivity index (χ1v) is 8.54. The fourth-order valence-corrected chi connectivity index (χ4v) is 3.43. The molecule has 1 unspecified atom stereocenters. The summed E-state index contributed by atoms with van der Waals surface area (Å²) in [6, 6.07) is 3.78. The van der Waals surface area contributed by atoms with Crippen LogP contribution in [0.1, 0.15) is 25.1 Å². The van der Waals surface area contributed by atoms with Crippen molar-refractivity contribution in [2.75, 3.05) is 12.3 Å². The Hall–Kier alpha value is -0.720. The molecule has 1 aromatic heterocycles. The molecule has 1 heterocycles. The fourth-order valence-electron chi connectivity index (χ4n) is 1.37. The number of halogens is 1. The molecule has 7 heteroatoms. The molecule has 1 aromatic rings. The first kappa shape index (κ1) is 17.3. The number of aliphatic carboxylic acids is 1. The van der Waals surface area contributed by atoms with Crippen LogP contribution in [-0.4, -0.2) is 29.3 Å². The Bertz CT molecular complexity index is 478. The van der Waals surface area contributed by atoms with Gasteiger partial charge in [-0.05, 0) is 25.5 Å². The molecule has 0 fully saturated rings. The average Bonchev–Trinajstić information content (AvgIpc) is 2.81. The summed E-state index contributed by atoms with van der Waals surface area (Å²) in [5.41, 5.74) is -0.901. The number of thiophene rings is 1. The van der Waals surface area contributed by atoms with Crippen LogP contribution in [-0.2, 0) is 15.3 Å². The molecule has 0 spiro atoms. The molecule has 4 nitrogen and oxygen atoms in total.